The number of sulfonamides is 1. The number of anilines is 2. The van der Waals surface area contributed by atoms with E-state index in [0.717, 1.165) is 10.6 Å². The minimum Gasteiger partial charge on any atom is -0.493 e. The summed E-state index contributed by atoms with van der Waals surface area (Å²) in [4.78, 5) is 13.0. The average Bonchev–Trinajstić information content (AvgIpc) is 2.83. The molecule has 0 radical (unpaired) electrons. The molecule has 1 amide bonds. The van der Waals surface area contributed by atoms with Crippen LogP contribution in [0.15, 0.2) is 60.7 Å². The van der Waals surface area contributed by atoms with Crippen LogP contribution < -0.4 is 28.6 Å². The van der Waals surface area contributed by atoms with E-state index in [1.807, 2.05) is 0 Å². The molecule has 0 aliphatic carbocycles. The first kappa shape index (κ1) is 26.0. The van der Waals surface area contributed by atoms with Gasteiger partial charge in [0, 0.05) is 11.1 Å². The van der Waals surface area contributed by atoms with Gasteiger partial charge in [-0.25, -0.2) is 8.42 Å². The molecule has 0 bridgehead atoms. The number of nitrogens with zero attached hydrogens (tertiary/aromatic N) is 1. The van der Waals surface area contributed by atoms with Gasteiger partial charge >= 0.3 is 0 Å². The molecule has 0 fully saturated rings. The van der Waals surface area contributed by atoms with Crippen LogP contribution in [-0.2, 0) is 14.8 Å². The van der Waals surface area contributed by atoms with Gasteiger partial charge in [-0.15, -0.1) is 0 Å². The topological polar surface area (TPSA) is 103 Å². The summed E-state index contributed by atoms with van der Waals surface area (Å²) in [6, 6.07) is 16.3. The summed E-state index contributed by atoms with van der Waals surface area (Å²) in [6.45, 7) is -0.505. The van der Waals surface area contributed by atoms with Crippen molar-refractivity contribution in [3.05, 3.63) is 65.7 Å². The summed E-state index contributed by atoms with van der Waals surface area (Å²) >= 11 is 6.13. The quantitative estimate of drug-likeness (QED) is 0.418. The standard InChI is InChI=1S/C24H25ClN2O7S/c1-31-20-7-5-6-8-22(20)34-19-11-9-16(25)13-18(19)26-24(28)15-27(35(4,29)30)17-10-12-21(32-2)23(14-17)33-3/h5-14H,15H2,1-4H3,(H,26,28). The number of halogens is 1. The van der Waals surface area contributed by atoms with Gasteiger partial charge in [0.15, 0.2) is 28.7 Å². The summed E-state index contributed by atoms with van der Waals surface area (Å²) < 4.78 is 47.7. The maximum atomic E-state index is 13.0. The number of ether oxygens (including phenoxy) is 4. The Labute approximate surface area is 209 Å². The van der Waals surface area contributed by atoms with E-state index in [1.165, 1.54) is 39.5 Å². The highest BCUT2D eigenvalue weighted by Crippen LogP contribution is 2.37. The highest BCUT2D eigenvalue weighted by atomic mass is 35.5. The van der Waals surface area contributed by atoms with E-state index in [2.05, 4.69) is 5.32 Å². The van der Waals surface area contributed by atoms with Crippen molar-refractivity contribution in [3.63, 3.8) is 0 Å². The molecule has 186 valence electrons. The van der Waals surface area contributed by atoms with Gasteiger partial charge in [-0.2, -0.15) is 0 Å². The van der Waals surface area contributed by atoms with Crippen molar-refractivity contribution in [3.8, 4) is 28.7 Å². The number of methoxy groups -OCH3 is 3. The normalized spacial score (nSPS) is 10.9. The average molecular weight is 521 g/mol. The first-order chi connectivity index (χ1) is 16.7. The van der Waals surface area contributed by atoms with Crippen molar-refractivity contribution in [1.82, 2.24) is 0 Å². The number of carbonyl (C=O) groups excluding carboxylic acids is 1. The molecule has 0 spiro atoms. The van der Waals surface area contributed by atoms with Crippen molar-refractivity contribution in [2.75, 3.05) is 43.8 Å². The lowest BCUT2D eigenvalue weighted by Gasteiger charge is -2.23. The minimum atomic E-state index is -3.82. The molecule has 3 aromatic carbocycles. The highest BCUT2D eigenvalue weighted by molar-refractivity contribution is 7.92. The molecule has 3 rings (SSSR count). The van der Waals surface area contributed by atoms with Crippen LogP contribution in [0.2, 0.25) is 5.02 Å². The predicted molar refractivity (Wildman–Crippen MR) is 135 cm³/mol. The molecule has 3 aromatic rings. The second-order valence-electron chi connectivity index (χ2n) is 7.25. The van der Waals surface area contributed by atoms with Crippen molar-refractivity contribution in [2.24, 2.45) is 0 Å². The minimum absolute atomic E-state index is 0.233. The summed E-state index contributed by atoms with van der Waals surface area (Å²) in [5.74, 6) is 1.35. The van der Waals surface area contributed by atoms with Crippen molar-refractivity contribution < 1.29 is 32.2 Å². The first-order valence-corrected chi connectivity index (χ1v) is 12.5. The molecular weight excluding hydrogens is 496 g/mol. The Hall–Kier alpha value is -3.63. The number of benzene rings is 3. The predicted octanol–water partition coefficient (Wildman–Crippen LogP) is 4.56. The maximum absolute atomic E-state index is 13.0. The smallest absolute Gasteiger partial charge is 0.245 e. The number of amides is 1. The summed E-state index contributed by atoms with van der Waals surface area (Å²) in [5.41, 5.74) is 0.492. The van der Waals surface area contributed by atoms with Crippen LogP contribution >= 0.6 is 11.6 Å². The fourth-order valence-corrected chi connectivity index (χ4v) is 4.23. The highest BCUT2D eigenvalue weighted by Gasteiger charge is 2.23. The van der Waals surface area contributed by atoms with Crippen LogP contribution in [-0.4, -0.2) is 48.5 Å². The van der Waals surface area contributed by atoms with E-state index in [4.69, 9.17) is 30.5 Å². The molecule has 0 aliphatic heterocycles. The Balaban J connectivity index is 1.88. The second-order valence-corrected chi connectivity index (χ2v) is 9.59. The number of para-hydroxylation sites is 2. The fraction of sp³-hybridized carbons (Fsp3) is 0.208. The van der Waals surface area contributed by atoms with Gasteiger partial charge in [0.05, 0.1) is 39.0 Å². The molecule has 0 saturated heterocycles. The molecule has 0 saturated carbocycles. The van der Waals surface area contributed by atoms with Crippen LogP contribution in [0.5, 0.6) is 28.7 Å². The zero-order valence-corrected chi connectivity index (χ0v) is 21.1. The van der Waals surface area contributed by atoms with Crippen LogP contribution in [0.3, 0.4) is 0 Å². The Morgan fingerprint density at radius 1 is 0.857 bits per heavy atom. The lowest BCUT2D eigenvalue weighted by Crippen LogP contribution is -2.37. The van der Waals surface area contributed by atoms with Gasteiger partial charge < -0.3 is 24.3 Å². The summed E-state index contributed by atoms with van der Waals surface area (Å²) in [5, 5.41) is 3.04. The van der Waals surface area contributed by atoms with Crippen molar-refractivity contribution in [2.45, 2.75) is 0 Å². The third-order valence-electron chi connectivity index (χ3n) is 4.85. The third kappa shape index (κ3) is 6.49. The van der Waals surface area contributed by atoms with Gasteiger partial charge in [0.1, 0.15) is 6.54 Å². The van der Waals surface area contributed by atoms with E-state index in [1.54, 1.807) is 42.5 Å². The lowest BCUT2D eigenvalue weighted by molar-refractivity contribution is -0.114. The number of nitrogens with one attached hydrogen (secondary N) is 1. The molecule has 0 aliphatic rings. The Morgan fingerprint density at radius 2 is 1.46 bits per heavy atom. The molecule has 0 aromatic heterocycles. The molecule has 0 atom stereocenters. The molecule has 9 nitrogen and oxygen atoms in total. The van der Waals surface area contributed by atoms with E-state index >= 15 is 0 Å². The first-order valence-electron chi connectivity index (χ1n) is 10.3. The zero-order valence-electron chi connectivity index (χ0n) is 19.6. The SMILES string of the molecule is COc1ccc(N(CC(=O)Nc2cc(Cl)ccc2Oc2ccccc2OC)S(C)(=O)=O)cc1OC. The van der Waals surface area contributed by atoms with Gasteiger partial charge in [-0.3, -0.25) is 9.10 Å². The summed E-state index contributed by atoms with van der Waals surface area (Å²) in [6.07, 6.45) is 1.01. The van der Waals surface area contributed by atoms with E-state index in [-0.39, 0.29) is 11.4 Å². The Morgan fingerprint density at radius 3 is 2.09 bits per heavy atom. The number of hydrogen-bond donors (Lipinski definition) is 1. The van der Waals surface area contributed by atoms with Crippen molar-refractivity contribution in [1.29, 1.82) is 0 Å². The van der Waals surface area contributed by atoms with Crippen LogP contribution in [0.4, 0.5) is 11.4 Å². The van der Waals surface area contributed by atoms with E-state index < -0.39 is 22.5 Å². The van der Waals surface area contributed by atoms with Crippen LogP contribution in [0, 0.1) is 0 Å². The van der Waals surface area contributed by atoms with E-state index in [9.17, 15) is 13.2 Å². The number of rotatable bonds is 10. The van der Waals surface area contributed by atoms with E-state index in [0.29, 0.717) is 33.8 Å². The molecule has 1 N–H and O–H groups in total. The van der Waals surface area contributed by atoms with Crippen LogP contribution in [0.25, 0.3) is 0 Å². The van der Waals surface area contributed by atoms with Gasteiger partial charge in [-0.1, -0.05) is 23.7 Å². The third-order valence-corrected chi connectivity index (χ3v) is 6.22. The molecule has 0 heterocycles. The zero-order chi connectivity index (χ0) is 25.6. The Bertz CT molecular complexity index is 1310. The molecular formula is C24H25ClN2O7S. The lowest BCUT2D eigenvalue weighted by atomic mass is 10.2. The molecule has 0 unspecified atom stereocenters. The van der Waals surface area contributed by atoms with Gasteiger partial charge in [-0.05, 0) is 42.5 Å². The van der Waals surface area contributed by atoms with Crippen molar-refractivity contribution >= 4 is 38.9 Å². The molecule has 11 heteroatoms. The Kier molecular flexibility index (Phi) is 8.31. The largest absolute Gasteiger partial charge is 0.493 e. The maximum Gasteiger partial charge on any atom is 0.245 e. The fourth-order valence-electron chi connectivity index (χ4n) is 3.21. The molecule has 35 heavy (non-hydrogen) atoms. The van der Waals surface area contributed by atoms with Gasteiger partial charge in [0.2, 0.25) is 15.9 Å². The number of hydrogen-bond acceptors (Lipinski definition) is 7. The monoisotopic (exact) mass is 520 g/mol. The summed E-state index contributed by atoms with van der Waals surface area (Å²) in [7, 11) is 0.590. The van der Waals surface area contributed by atoms with Gasteiger partial charge in [0.25, 0.3) is 0 Å². The number of carbonyl (C=O) groups is 1. The second kappa shape index (κ2) is 11.2. The van der Waals surface area contributed by atoms with Crippen LogP contribution in [0.1, 0.15) is 0 Å².